The number of alkyl carbamates (subject to hydrolysis) is 1. The van der Waals surface area contributed by atoms with Gasteiger partial charge in [-0.15, -0.1) is 0 Å². The van der Waals surface area contributed by atoms with E-state index in [4.69, 9.17) is 0 Å². The third-order valence-corrected chi connectivity index (χ3v) is 2.60. The molecular formula is C11H10F3NO2. The molecule has 1 fully saturated rings. The maximum absolute atomic E-state index is 13.5. The Bertz CT molecular complexity index is 462. The van der Waals surface area contributed by atoms with Gasteiger partial charge >= 0.3 is 12.0 Å². The van der Waals surface area contributed by atoms with Crippen molar-refractivity contribution >= 4 is 6.09 Å². The maximum Gasteiger partial charge on any atom is 0.408 e. The summed E-state index contributed by atoms with van der Waals surface area (Å²) in [5.41, 5.74) is 0.407. The summed E-state index contributed by atoms with van der Waals surface area (Å²) in [5, 5.41) is 2.04. The minimum atomic E-state index is -3.21. The van der Waals surface area contributed by atoms with Crippen LogP contribution in [0.1, 0.15) is 17.2 Å². The molecule has 0 saturated carbocycles. The first-order chi connectivity index (χ1) is 7.90. The van der Waals surface area contributed by atoms with Crippen LogP contribution in [0.25, 0.3) is 0 Å². The lowest BCUT2D eigenvalue weighted by molar-refractivity contribution is -0.104. The molecule has 1 atom stereocenters. The van der Waals surface area contributed by atoms with E-state index in [9.17, 15) is 18.0 Å². The molecule has 1 aromatic carbocycles. The monoisotopic (exact) mass is 245 g/mol. The number of benzene rings is 1. The SMILES string of the molecule is Cc1cc([C@@H]2NC(=O)OCC2(F)F)ccc1F. The summed E-state index contributed by atoms with van der Waals surface area (Å²) in [5.74, 6) is -3.69. The van der Waals surface area contributed by atoms with Crippen LogP contribution in [0.3, 0.4) is 0 Å². The third-order valence-electron chi connectivity index (χ3n) is 2.60. The van der Waals surface area contributed by atoms with E-state index in [1.807, 2.05) is 5.32 Å². The van der Waals surface area contributed by atoms with Crippen LogP contribution in [0, 0.1) is 12.7 Å². The van der Waals surface area contributed by atoms with Crippen molar-refractivity contribution in [1.29, 1.82) is 0 Å². The van der Waals surface area contributed by atoms with Crippen LogP contribution in [0.15, 0.2) is 18.2 Å². The van der Waals surface area contributed by atoms with Gasteiger partial charge in [-0.3, -0.25) is 0 Å². The average molecular weight is 245 g/mol. The van der Waals surface area contributed by atoms with Gasteiger partial charge in [-0.25, -0.2) is 18.0 Å². The minimum Gasteiger partial charge on any atom is -0.443 e. The van der Waals surface area contributed by atoms with Crippen LogP contribution in [0.2, 0.25) is 0 Å². The molecule has 0 aliphatic carbocycles. The molecule has 17 heavy (non-hydrogen) atoms. The first kappa shape index (κ1) is 11.8. The predicted molar refractivity (Wildman–Crippen MR) is 53.3 cm³/mol. The van der Waals surface area contributed by atoms with Crippen LogP contribution in [-0.2, 0) is 4.74 Å². The number of carbonyl (C=O) groups is 1. The van der Waals surface area contributed by atoms with Crippen molar-refractivity contribution < 1.29 is 22.7 Å². The number of amides is 1. The van der Waals surface area contributed by atoms with E-state index in [1.54, 1.807) is 0 Å². The molecule has 3 nitrogen and oxygen atoms in total. The number of cyclic esters (lactones) is 1. The highest BCUT2D eigenvalue weighted by atomic mass is 19.3. The van der Waals surface area contributed by atoms with Gasteiger partial charge in [0.25, 0.3) is 0 Å². The highest BCUT2D eigenvalue weighted by Crippen LogP contribution is 2.34. The fourth-order valence-electron chi connectivity index (χ4n) is 1.68. The number of aryl methyl sites for hydroxylation is 1. The molecule has 0 bridgehead atoms. The summed E-state index contributed by atoms with van der Waals surface area (Å²) >= 11 is 0. The molecular weight excluding hydrogens is 235 g/mol. The van der Waals surface area contributed by atoms with Crippen molar-refractivity contribution in [3.8, 4) is 0 Å². The van der Waals surface area contributed by atoms with E-state index >= 15 is 0 Å². The summed E-state index contributed by atoms with van der Waals surface area (Å²) in [6.45, 7) is 0.498. The predicted octanol–water partition coefficient (Wildman–Crippen LogP) is 2.55. The Labute approximate surface area is 95.6 Å². The van der Waals surface area contributed by atoms with E-state index in [0.717, 1.165) is 6.07 Å². The smallest absolute Gasteiger partial charge is 0.408 e. The van der Waals surface area contributed by atoms with Gasteiger partial charge in [-0.1, -0.05) is 12.1 Å². The van der Waals surface area contributed by atoms with Crippen molar-refractivity contribution in [1.82, 2.24) is 5.32 Å². The second-order valence-corrected chi connectivity index (χ2v) is 3.92. The van der Waals surface area contributed by atoms with Gasteiger partial charge in [0.2, 0.25) is 0 Å². The lowest BCUT2D eigenvalue weighted by Gasteiger charge is -2.31. The van der Waals surface area contributed by atoms with Gasteiger partial charge in [0.05, 0.1) is 0 Å². The summed E-state index contributed by atoms with van der Waals surface area (Å²) in [4.78, 5) is 10.9. The molecule has 1 aliphatic rings. The molecule has 6 heteroatoms. The zero-order valence-corrected chi connectivity index (χ0v) is 8.97. The quantitative estimate of drug-likeness (QED) is 0.825. The number of hydrogen-bond donors (Lipinski definition) is 1. The molecule has 1 saturated heterocycles. The summed E-state index contributed by atoms with van der Waals surface area (Å²) in [6.07, 6.45) is -0.900. The molecule has 1 aromatic rings. The van der Waals surface area contributed by atoms with Gasteiger partial charge < -0.3 is 10.1 Å². The summed E-state index contributed by atoms with van der Waals surface area (Å²) < 4.78 is 44.3. The number of rotatable bonds is 1. The van der Waals surface area contributed by atoms with Crippen molar-refractivity contribution in [3.05, 3.63) is 35.1 Å². The average Bonchev–Trinajstić information content (AvgIpc) is 2.26. The van der Waals surface area contributed by atoms with Crippen molar-refractivity contribution in [2.24, 2.45) is 0 Å². The molecule has 0 unspecified atom stereocenters. The standard InChI is InChI=1S/C11H10F3NO2/c1-6-4-7(2-3-8(6)12)9-11(13,14)5-17-10(16)15-9/h2-4,9H,5H2,1H3,(H,15,16)/t9-/m0/s1. The number of nitrogens with one attached hydrogen (secondary N) is 1. The molecule has 1 aliphatic heterocycles. The molecule has 0 radical (unpaired) electrons. The van der Waals surface area contributed by atoms with Crippen molar-refractivity contribution in [2.45, 2.75) is 18.9 Å². The lowest BCUT2D eigenvalue weighted by atomic mass is 9.98. The second kappa shape index (κ2) is 3.94. The Kier molecular flexibility index (Phi) is 2.73. The molecule has 92 valence electrons. The van der Waals surface area contributed by atoms with Gasteiger partial charge in [0, 0.05) is 0 Å². The zero-order valence-electron chi connectivity index (χ0n) is 8.97. The zero-order chi connectivity index (χ0) is 12.6. The molecule has 1 amide bonds. The maximum atomic E-state index is 13.5. The highest BCUT2D eigenvalue weighted by molar-refractivity contribution is 5.69. The van der Waals surface area contributed by atoms with Crippen LogP contribution in [0.4, 0.5) is 18.0 Å². The molecule has 0 aromatic heterocycles. The highest BCUT2D eigenvalue weighted by Gasteiger charge is 2.46. The van der Waals surface area contributed by atoms with Crippen LogP contribution < -0.4 is 5.32 Å². The lowest BCUT2D eigenvalue weighted by Crippen LogP contribution is -2.49. The Morgan fingerprint density at radius 3 is 2.82 bits per heavy atom. The third kappa shape index (κ3) is 2.20. The molecule has 1 heterocycles. The molecule has 1 N–H and O–H groups in total. The molecule has 0 spiro atoms. The fraction of sp³-hybridized carbons (Fsp3) is 0.364. The summed E-state index contributed by atoms with van der Waals surface area (Å²) in [7, 11) is 0. The van der Waals surface area contributed by atoms with Crippen molar-refractivity contribution in [2.75, 3.05) is 6.61 Å². The first-order valence-corrected chi connectivity index (χ1v) is 4.97. The second-order valence-electron chi connectivity index (χ2n) is 3.92. The number of hydrogen-bond acceptors (Lipinski definition) is 2. The van der Waals surface area contributed by atoms with E-state index in [-0.39, 0.29) is 11.1 Å². The van der Waals surface area contributed by atoms with Crippen LogP contribution >= 0.6 is 0 Å². The Balaban J connectivity index is 2.36. The Morgan fingerprint density at radius 1 is 1.47 bits per heavy atom. The number of carbonyl (C=O) groups excluding carboxylic acids is 1. The fourth-order valence-corrected chi connectivity index (χ4v) is 1.68. The molecule has 2 rings (SSSR count). The van der Waals surface area contributed by atoms with Gasteiger partial charge in [-0.2, -0.15) is 0 Å². The Hall–Kier alpha value is -1.72. The largest absolute Gasteiger partial charge is 0.443 e. The van der Waals surface area contributed by atoms with E-state index in [0.29, 0.717) is 0 Å². The Morgan fingerprint density at radius 2 is 2.18 bits per heavy atom. The number of ether oxygens (including phenoxy) is 1. The normalized spacial score (nSPS) is 22.8. The van der Waals surface area contributed by atoms with Crippen molar-refractivity contribution in [3.63, 3.8) is 0 Å². The van der Waals surface area contributed by atoms with Gasteiger partial charge in [-0.05, 0) is 24.1 Å². The first-order valence-electron chi connectivity index (χ1n) is 4.97. The van der Waals surface area contributed by atoms with Gasteiger partial charge in [0.1, 0.15) is 11.9 Å². The van der Waals surface area contributed by atoms with E-state index in [1.165, 1.54) is 19.1 Å². The van der Waals surface area contributed by atoms with Crippen LogP contribution in [-0.4, -0.2) is 18.6 Å². The van der Waals surface area contributed by atoms with E-state index in [2.05, 4.69) is 4.74 Å². The minimum absolute atomic E-state index is 0.158. The number of halogens is 3. The van der Waals surface area contributed by atoms with Gasteiger partial charge in [0.15, 0.2) is 6.61 Å². The summed E-state index contributed by atoms with van der Waals surface area (Å²) in [6, 6.07) is 2.14. The van der Waals surface area contributed by atoms with Crippen LogP contribution in [0.5, 0.6) is 0 Å². The number of alkyl halides is 2. The topological polar surface area (TPSA) is 38.3 Å². The van der Waals surface area contributed by atoms with E-state index < -0.39 is 30.5 Å².